The van der Waals surface area contributed by atoms with Crippen LogP contribution in [0.3, 0.4) is 0 Å². The Morgan fingerprint density at radius 1 is 1.16 bits per heavy atom. The Hall–Kier alpha value is -2.38. The maximum atomic E-state index is 13.1. The van der Waals surface area contributed by atoms with Gasteiger partial charge in [0.1, 0.15) is 0 Å². The van der Waals surface area contributed by atoms with E-state index in [1.807, 2.05) is 30.3 Å². The van der Waals surface area contributed by atoms with Crippen molar-refractivity contribution in [1.82, 2.24) is 10.3 Å². The Kier molecular flexibility index (Phi) is 8.32. The van der Waals surface area contributed by atoms with Crippen LogP contribution >= 0.6 is 12.0 Å². The predicted octanol–water partition coefficient (Wildman–Crippen LogP) is 5.35. The molecule has 6 nitrogen and oxygen atoms in total. The lowest BCUT2D eigenvalue weighted by Gasteiger charge is -2.45. The summed E-state index contributed by atoms with van der Waals surface area (Å²) < 4.78 is 5.60. The standard InChI is InChI=1S/C24H28N2O4S.CH2/c27-22(26-16-24-12-4-7-17(15-24)8-5-13-24)19-11-6-14-25-20(19)21(23(28)29)30-31-18-9-2-1-3-10-18;/h1-3,6,9-11,14,17,21H,4-5,7-8,12-13,15-16H2,(H,26,27)(H,28,29);1H2. The van der Waals surface area contributed by atoms with Gasteiger partial charge in [-0.05, 0) is 54.9 Å². The number of fused-ring (bicyclic) bond motifs is 2. The molecule has 2 bridgehead atoms. The van der Waals surface area contributed by atoms with Gasteiger partial charge in [-0.2, -0.15) is 0 Å². The van der Waals surface area contributed by atoms with Crippen molar-refractivity contribution < 1.29 is 18.9 Å². The Bertz CT molecular complexity index is 911. The van der Waals surface area contributed by atoms with E-state index in [9.17, 15) is 14.7 Å². The second-order valence-corrected chi connectivity index (χ2v) is 9.51. The molecule has 2 saturated carbocycles. The molecule has 1 aromatic carbocycles. The summed E-state index contributed by atoms with van der Waals surface area (Å²) >= 11 is 0.966. The van der Waals surface area contributed by atoms with E-state index in [4.69, 9.17) is 4.18 Å². The highest BCUT2D eigenvalue weighted by atomic mass is 32.2. The first-order valence-corrected chi connectivity index (χ1v) is 11.6. The van der Waals surface area contributed by atoms with Crippen molar-refractivity contribution in [1.29, 1.82) is 0 Å². The number of rotatable bonds is 8. The van der Waals surface area contributed by atoms with Gasteiger partial charge in [0.05, 0.1) is 11.3 Å². The fraction of sp³-hybridized carbons (Fsp3) is 0.440. The zero-order valence-corrected chi connectivity index (χ0v) is 19.0. The highest BCUT2D eigenvalue weighted by Crippen LogP contribution is 2.48. The smallest absolute Gasteiger partial charge is 0.340 e. The number of carboxylic acids is 1. The molecule has 1 unspecified atom stereocenters. The number of hydrogen-bond donors (Lipinski definition) is 2. The van der Waals surface area contributed by atoms with Gasteiger partial charge in [0.15, 0.2) is 0 Å². The number of nitrogens with zero attached hydrogens (tertiary/aromatic N) is 1. The fourth-order valence-corrected chi connectivity index (χ4v) is 5.68. The minimum atomic E-state index is -1.35. The van der Waals surface area contributed by atoms with Crippen LogP contribution in [0, 0.1) is 18.8 Å². The van der Waals surface area contributed by atoms with Gasteiger partial charge in [-0.1, -0.05) is 51.3 Å². The second-order valence-electron chi connectivity index (χ2n) is 8.68. The molecule has 2 aromatic rings. The van der Waals surface area contributed by atoms with Gasteiger partial charge >= 0.3 is 5.97 Å². The van der Waals surface area contributed by atoms with Crippen LogP contribution in [0.1, 0.15) is 67.1 Å². The van der Waals surface area contributed by atoms with Crippen molar-refractivity contribution in [2.75, 3.05) is 6.54 Å². The summed E-state index contributed by atoms with van der Waals surface area (Å²) in [4.78, 5) is 30.0. The van der Waals surface area contributed by atoms with Gasteiger partial charge in [0.2, 0.25) is 6.10 Å². The lowest BCUT2D eigenvalue weighted by atomic mass is 9.62. The van der Waals surface area contributed by atoms with Crippen molar-refractivity contribution in [2.45, 2.75) is 55.9 Å². The van der Waals surface area contributed by atoms with Gasteiger partial charge in [0.25, 0.3) is 5.91 Å². The van der Waals surface area contributed by atoms with Gasteiger partial charge in [-0.25, -0.2) is 4.79 Å². The molecule has 1 aromatic heterocycles. The van der Waals surface area contributed by atoms with Crippen LogP contribution < -0.4 is 5.32 Å². The maximum absolute atomic E-state index is 13.1. The van der Waals surface area contributed by atoms with E-state index in [1.165, 1.54) is 38.3 Å². The summed E-state index contributed by atoms with van der Waals surface area (Å²) in [6.07, 6.45) is 8.69. The fourth-order valence-electron chi connectivity index (χ4n) is 5.04. The molecule has 2 N–H and O–H groups in total. The molecule has 0 spiro atoms. The lowest BCUT2D eigenvalue weighted by molar-refractivity contribution is -0.144. The van der Waals surface area contributed by atoms with Crippen LogP contribution in [-0.4, -0.2) is 28.5 Å². The van der Waals surface area contributed by atoms with Gasteiger partial charge in [0, 0.05) is 29.7 Å². The number of benzene rings is 1. The molecule has 1 heterocycles. The lowest BCUT2D eigenvalue weighted by Crippen LogP contribution is -2.43. The quantitative estimate of drug-likeness (QED) is 0.523. The number of amides is 1. The molecule has 2 fully saturated rings. The first-order chi connectivity index (χ1) is 15.1. The highest BCUT2D eigenvalue weighted by Gasteiger charge is 2.39. The first-order valence-electron chi connectivity index (χ1n) is 10.9. The summed E-state index contributed by atoms with van der Waals surface area (Å²) in [5.41, 5.74) is 0.562. The van der Waals surface area contributed by atoms with Crippen molar-refractivity contribution in [2.24, 2.45) is 11.3 Å². The van der Waals surface area contributed by atoms with Crippen LogP contribution in [0.2, 0.25) is 0 Å². The van der Waals surface area contributed by atoms with E-state index in [2.05, 4.69) is 10.3 Å². The summed E-state index contributed by atoms with van der Waals surface area (Å²) in [6, 6.07) is 12.5. The monoisotopic (exact) mass is 454 g/mol. The second kappa shape index (κ2) is 11.0. The zero-order chi connectivity index (χ0) is 21.7. The van der Waals surface area contributed by atoms with Crippen molar-refractivity contribution in [3.63, 3.8) is 0 Å². The van der Waals surface area contributed by atoms with Gasteiger partial charge in [-0.3, -0.25) is 14.0 Å². The third-order valence-electron chi connectivity index (χ3n) is 6.52. The number of carboxylic acid groups (broad SMARTS) is 1. The molecule has 2 radical (unpaired) electrons. The van der Waals surface area contributed by atoms with E-state index in [1.54, 1.807) is 12.1 Å². The summed E-state index contributed by atoms with van der Waals surface area (Å²) in [6.45, 7) is 0.633. The maximum Gasteiger partial charge on any atom is 0.340 e. The van der Waals surface area contributed by atoms with Crippen LogP contribution in [0.25, 0.3) is 0 Å². The minimum Gasteiger partial charge on any atom is -0.479 e. The van der Waals surface area contributed by atoms with E-state index >= 15 is 0 Å². The molecule has 7 heteroatoms. The Balaban J connectivity index is 0.00000289. The molecular weight excluding hydrogens is 424 g/mol. The molecule has 2 aliphatic carbocycles. The van der Waals surface area contributed by atoms with E-state index < -0.39 is 12.1 Å². The highest BCUT2D eigenvalue weighted by molar-refractivity contribution is 7.94. The van der Waals surface area contributed by atoms with E-state index in [0.717, 1.165) is 35.7 Å². The van der Waals surface area contributed by atoms with Crippen LogP contribution in [0.5, 0.6) is 0 Å². The molecule has 32 heavy (non-hydrogen) atoms. The first kappa shape index (κ1) is 24.3. The van der Waals surface area contributed by atoms with Gasteiger partial charge in [-0.15, -0.1) is 0 Å². The third kappa shape index (κ3) is 5.70. The van der Waals surface area contributed by atoms with Crippen LogP contribution in [0.15, 0.2) is 53.6 Å². The number of carbonyl (C=O) groups excluding carboxylic acids is 1. The average Bonchev–Trinajstić information content (AvgIpc) is 2.78. The molecular formula is C25H30N2O4S. The van der Waals surface area contributed by atoms with E-state index in [0.29, 0.717) is 6.54 Å². The SMILES string of the molecule is O=C(NCC12CCCC(CCC1)C2)c1cccnc1C(OSc1ccccc1)C(=O)O.[CH2]. The molecule has 4 rings (SSSR count). The van der Waals surface area contributed by atoms with E-state index in [-0.39, 0.29) is 30.0 Å². The number of hydrogen-bond acceptors (Lipinski definition) is 5. The van der Waals surface area contributed by atoms with Crippen LogP contribution in [0.4, 0.5) is 0 Å². The normalized spacial score (nSPS) is 22.9. The summed E-state index contributed by atoms with van der Waals surface area (Å²) in [7, 11) is 0. The molecule has 170 valence electrons. The third-order valence-corrected chi connectivity index (χ3v) is 7.28. The molecule has 2 aliphatic rings. The minimum absolute atomic E-state index is 0. The molecule has 1 atom stereocenters. The Morgan fingerprint density at radius 2 is 1.88 bits per heavy atom. The Morgan fingerprint density at radius 3 is 2.56 bits per heavy atom. The number of pyridine rings is 1. The van der Waals surface area contributed by atoms with Gasteiger partial charge < -0.3 is 10.4 Å². The average molecular weight is 455 g/mol. The predicted molar refractivity (Wildman–Crippen MR) is 124 cm³/mol. The van der Waals surface area contributed by atoms with Crippen molar-refractivity contribution >= 4 is 23.9 Å². The number of aliphatic carboxylic acids is 1. The number of carbonyl (C=O) groups is 2. The molecule has 0 aliphatic heterocycles. The topological polar surface area (TPSA) is 88.5 Å². The van der Waals surface area contributed by atoms with Crippen molar-refractivity contribution in [3.8, 4) is 0 Å². The van der Waals surface area contributed by atoms with Crippen LogP contribution in [-0.2, 0) is 8.98 Å². The van der Waals surface area contributed by atoms with Crippen molar-refractivity contribution in [3.05, 3.63) is 67.3 Å². The largest absolute Gasteiger partial charge is 0.479 e. The zero-order valence-electron chi connectivity index (χ0n) is 18.2. The summed E-state index contributed by atoms with van der Waals surface area (Å²) in [5, 5.41) is 12.8. The summed E-state index contributed by atoms with van der Waals surface area (Å²) in [5.74, 6) is -0.685. The number of aromatic nitrogens is 1. The number of nitrogens with one attached hydrogen (secondary N) is 1. The molecule has 1 amide bonds. The molecule has 0 saturated heterocycles. The Labute approximate surface area is 194 Å².